The average Bonchev–Trinajstić information content (AvgIpc) is 3.01. The zero-order chi connectivity index (χ0) is 14.4. The molecule has 1 fully saturated rings. The minimum Gasteiger partial charge on any atom is -0.339 e. The van der Waals surface area contributed by atoms with Gasteiger partial charge in [-0.2, -0.15) is 0 Å². The average molecular weight is 295 g/mol. The van der Waals surface area contributed by atoms with Gasteiger partial charge in [0.25, 0.3) is 5.91 Å². The second-order valence-electron chi connectivity index (χ2n) is 4.90. The first-order valence-electron chi connectivity index (χ1n) is 7.03. The number of hydrogen-bond donors (Lipinski definition) is 1. The summed E-state index contributed by atoms with van der Waals surface area (Å²) in [5.41, 5.74) is 5.42. The Hall–Kier alpha value is -1.40. The molecule has 1 aliphatic heterocycles. The minimum absolute atomic E-state index is 0.0789. The quantitative estimate of drug-likeness (QED) is 0.829. The van der Waals surface area contributed by atoms with Crippen LogP contribution in [0.15, 0.2) is 17.5 Å². The first-order chi connectivity index (χ1) is 9.72. The Kier molecular flexibility index (Phi) is 5.55. The van der Waals surface area contributed by atoms with E-state index in [-0.39, 0.29) is 11.8 Å². The molecule has 6 heteroatoms. The Morgan fingerprint density at radius 1 is 1.15 bits per heavy atom. The van der Waals surface area contributed by atoms with Crippen LogP contribution in [0.4, 0.5) is 0 Å². The molecule has 1 aromatic rings. The molecule has 0 bridgehead atoms. The molecule has 5 nitrogen and oxygen atoms in total. The van der Waals surface area contributed by atoms with E-state index in [1.54, 1.807) is 0 Å². The van der Waals surface area contributed by atoms with Crippen molar-refractivity contribution in [2.24, 2.45) is 5.73 Å². The third kappa shape index (κ3) is 3.80. The number of nitrogens with zero attached hydrogens (tertiary/aromatic N) is 2. The van der Waals surface area contributed by atoms with E-state index in [0.29, 0.717) is 39.1 Å². The summed E-state index contributed by atoms with van der Waals surface area (Å²) in [7, 11) is 0. The van der Waals surface area contributed by atoms with Crippen LogP contribution in [-0.2, 0) is 4.79 Å². The zero-order valence-corrected chi connectivity index (χ0v) is 12.4. The number of amides is 2. The van der Waals surface area contributed by atoms with Crippen molar-refractivity contribution in [3.63, 3.8) is 0 Å². The predicted molar refractivity (Wildman–Crippen MR) is 79.7 cm³/mol. The predicted octanol–water partition coefficient (Wildman–Crippen LogP) is 1.16. The fourth-order valence-corrected chi connectivity index (χ4v) is 2.98. The fourth-order valence-electron chi connectivity index (χ4n) is 2.29. The fraction of sp³-hybridized carbons (Fsp3) is 0.571. The van der Waals surface area contributed by atoms with Gasteiger partial charge in [-0.1, -0.05) is 6.07 Å². The molecular weight excluding hydrogens is 274 g/mol. The summed E-state index contributed by atoms with van der Waals surface area (Å²) in [6.07, 6.45) is 2.31. The highest BCUT2D eigenvalue weighted by molar-refractivity contribution is 7.12. The molecule has 1 aliphatic rings. The molecule has 0 atom stereocenters. The third-order valence-corrected chi connectivity index (χ3v) is 4.35. The normalized spacial score (nSPS) is 15.4. The molecule has 0 aromatic carbocycles. The molecule has 2 heterocycles. The minimum atomic E-state index is 0.0789. The maximum atomic E-state index is 12.2. The topological polar surface area (TPSA) is 66.6 Å². The molecular formula is C14H21N3O2S. The van der Waals surface area contributed by atoms with Gasteiger partial charge in [0.1, 0.15) is 0 Å². The van der Waals surface area contributed by atoms with Gasteiger partial charge in [0.15, 0.2) is 0 Å². The molecule has 0 radical (unpaired) electrons. The highest BCUT2D eigenvalue weighted by atomic mass is 32.1. The van der Waals surface area contributed by atoms with Crippen molar-refractivity contribution in [2.75, 3.05) is 32.7 Å². The number of hydrogen-bond acceptors (Lipinski definition) is 4. The van der Waals surface area contributed by atoms with Crippen molar-refractivity contribution >= 4 is 23.2 Å². The van der Waals surface area contributed by atoms with Gasteiger partial charge in [-0.25, -0.2) is 0 Å². The summed E-state index contributed by atoms with van der Waals surface area (Å²) >= 11 is 1.46. The van der Waals surface area contributed by atoms with Crippen LogP contribution in [0, 0.1) is 0 Å². The number of piperazine rings is 1. The lowest BCUT2D eigenvalue weighted by Gasteiger charge is -2.34. The van der Waals surface area contributed by atoms with Crippen molar-refractivity contribution in [1.82, 2.24) is 9.80 Å². The zero-order valence-electron chi connectivity index (χ0n) is 11.6. The van der Waals surface area contributed by atoms with Crippen LogP contribution in [-0.4, -0.2) is 54.3 Å². The van der Waals surface area contributed by atoms with E-state index >= 15 is 0 Å². The van der Waals surface area contributed by atoms with Crippen LogP contribution in [0.5, 0.6) is 0 Å². The summed E-state index contributed by atoms with van der Waals surface area (Å²) in [6, 6.07) is 3.73. The van der Waals surface area contributed by atoms with Crippen LogP contribution >= 0.6 is 11.3 Å². The number of thiophene rings is 1. The Labute approximate surface area is 123 Å². The Morgan fingerprint density at radius 2 is 1.85 bits per heavy atom. The van der Waals surface area contributed by atoms with Crippen molar-refractivity contribution in [3.8, 4) is 0 Å². The van der Waals surface area contributed by atoms with Gasteiger partial charge >= 0.3 is 0 Å². The van der Waals surface area contributed by atoms with Crippen molar-refractivity contribution in [3.05, 3.63) is 22.4 Å². The summed E-state index contributed by atoms with van der Waals surface area (Å²) in [5.74, 6) is 0.261. The van der Waals surface area contributed by atoms with E-state index < -0.39 is 0 Å². The molecule has 0 spiro atoms. The SMILES string of the molecule is NCCCCC(=O)N1CCN(C(=O)c2cccs2)CC1. The summed E-state index contributed by atoms with van der Waals surface area (Å²) in [5, 5.41) is 1.91. The van der Waals surface area contributed by atoms with Gasteiger partial charge in [0.2, 0.25) is 5.91 Å². The highest BCUT2D eigenvalue weighted by Crippen LogP contribution is 2.14. The monoisotopic (exact) mass is 295 g/mol. The van der Waals surface area contributed by atoms with Crippen molar-refractivity contribution < 1.29 is 9.59 Å². The summed E-state index contributed by atoms with van der Waals surface area (Å²) in [4.78, 5) is 28.6. The summed E-state index contributed by atoms with van der Waals surface area (Å²) in [6.45, 7) is 3.16. The van der Waals surface area contributed by atoms with Crippen LogP contribution in [0.3, 0.4) is 0 Å². The number of rotatable bonds is 5. The Balaban J connectivity index is 1.77. The molecule has 0 unspecified atom stereocenters. The van der Waals surface area contributed by atoms with Crippen LogP contribution in [0.1, 0.15) is 28.9 Å². The van der Waals surface area contributed by atoms with E-state index in [0.717, 1.165) is 17.7 Å². The Morgan fingerprint density at radius 3 is 2.45 bits per heavy atom. The number of carbonyl (C=O) groups excluding carboxylic acids is 2. The standard InChI is InChI=1S/C14H21N3O2S/c15-6-2-1-5-13(18)16-7-9-17(10-8-16)14(19)12-4-3-11-20-12/h3-4,11H,1-2,5-10,15H2. The van der Waals surface area contributed by atoms with E-state index in [2.05, 4.69) is 0 Å². The largest absolute Gasteiger partial charge is 0.339 e. The van der Waals surface area contributed by atoms with E-state index in [1.807, 2.05) is 27.3 Å². The van der Waals surface area contributed by atoms with Gasteiger partial charge in [-0.05, 0) is 30.8 Å². The van der Waals surface area contributed by atoms with E-state index in [1.165, 1.54) is 11.3 Å². The van der Waals surface area contributed by atoms with Gasteiger partial charge in [-0.3, -0.25) is 9.59 Å². The molecule has 0 saturated carbocycles. The summed E-state index contributed by atoms with van der Waals surface area (Å²) < 4.78 is 0. The molecule has 1 aromatic heterocycles. The lowest BCUT2D eigenvalue weighted by atomic mass is 10.2. The molecule has 2 amide bonds. The lowest BCUT2D eigenvalue weighted by molar-refractivity contribution is -0.132. The smallest absolute Gasteiger partial charge is 0.264 e. The number of carbonyl (C=O) groups is 2. The second kappa shape index (κ2) is 7.40. The molecule has 1 saturated heterocycles. The van der Waals surface area contributed by atoms with Gasteiger partial charge in [0.05, 0.1) is 4.88 Å². The maximum Gasteiger partial charge on any atom is 0.264 e. The van der Waals surface area contributed by atoms with Gasteiger partial charge < -0.3 is 15.5 Å². The van der Waals surface area contributed by atoms with E-state index in [4.69, 9.17) is 5.73 Å². The first-order valence-corrected chi connectivity index (χ1v) is 7.91. The lowest BCUT2D eigenvalue weighted by Crippen LogP contribution is -2.50. The highest BCUT2D eigenvalue weighted by Gasteiger charge is 2.24. The van der Waals surface area contributed by atoms with Crippen molar-refractivity contribution in [2.45, 2.75) is 19.3 Å². The van der Waals surface area contributed by atoms with E-state index in [9.17, 15) is 9.59 Å². The number of nitrogens with two attached hydrogens (primary N) is 1. The van der Waals surface area contributed by atoms with Crippen LogP contribution in [0.25, 0.3) is 0 Å². The molecule has 0 aliphatic carbocycles. The van der Waals surface area contributed by atoms with Gasteiger partial charge in [-0.15, -0.1) is 11.3 Å². The Bertz CT molecular complexity index is 439. The van der Waals surface area contributed by atoms with Gasteiger partial charge in [0, 0.05) is 32.6 Å². The van der Waals surface area contributed by atoms with Crippen molar-refractivity contribution in [1.29, 1.82) is 0 Å². The molecule has 2 N–H and O–H groups in total. The number of unbranched alkanes of at least 4 members (excludes halogenated alkanes) is 1. The van der Waals surface area contributed by atoms with Crippen LogP contribution in [0.2, 0.25) is 0 Å². The third-order valence-electron chi connectivity index (χ3n) is 3.50. The molecule has 2 rings (SSSR count). The molecule has 20 heavy (non-hydrogen) atoms. The second-order valence-corrected chi connectivity index (χ2v) is 5.84. The maximum absolute atomic E-state index is 12.2. The van der Waals surface area contributed by atoms with Crippen LogP contribution < -0.4 is 5.73 Å². The first kappa shape index (κ1) is 15.0. The molecule has 110 valence electrons.